The van der Waals surface area contributed by atoms with Gasteiger partial charge in [0.15, 0.2) is 0 Å². The summed E-state index contributed by atoms with van der Waals surface area (Å²) in [5.41, 5.74) is 10.6. The zero-order valence-electron chi connectivity index (χ0n) is 6.99. The predicted molar refractivity (Wildman–Crippen MR) is 45.3 cm³/mol. The Balaban J connectivity index is 2.15. The van der Waals surface area contributed by atoms with Crippen molar-refractivity contribution in [1.82, 2.24) is 10.1 Å². The van der Waals surface area contributed by atoms with E-state index in [2.05, 4.69) is 10.1 Å². The molecule has 5 heteroatoms. The first kappa shape index (κ1) is 8.99. The molecular weight excluding hydrogens is 156 g/mol. The molecule has 0 saturated carbocycles. The Morgan fingerprint density at radius 3 is 2.67 bits per heavy atom. The molecule has 0 aromatic carbocycles. The molecule has 1 rings (SSSR count). The standard InChI is InChI=1S/C7H14N4O/c8-5-3-1-2-4-6-10-7(9)11-12-6/h1-5,8H2,(H2,9,11). The minimum Gasteiger partial charge on any atom is -0.365 e. The molecule has 0 aliphatic heterocycles. The van der Waals surface area contributed by atoms with Crippen LogP contribution in [0.25, 0.3) is 0 Å². The maximum atomic E-state index is 5.34. The van der Waals surface area contributed by atoms with E-state index < -0.39 is 0 Å². The number of nitrogen functional groups attached to an aromatic ring is 1. The number of aryl methyl sites for hydroxylation is 1. The van der Waals surface area contributed by atoms with Crippen LogP contribution < -0.4 is 11.5 Å². The monoisotopic (exact) mass is 170 g/mol. The van der Waals surface area contributed by atoms with Crippen molar-refractivity contribution in [1.29, 1.82) is 0 Å². The Bertz CT molecular complexity index is 223. The number of hydrogen-bond acceptors (Lipinski definition) is 5. The highest BCUT2D eigenvalue weighted by atomic mass is 16.5. The highest BCUT2D eigenvalue weighted by molar-refractivity contribution is 5.10. The number of anilines is 1. The number of hydrogen-bond donors (Lipinski definition) is 2. The second-order valence-corrected chi connectivity index (χ2v) is 2.65. The molecule has 0 fully saturated rings. The molecule has 0 radical (unpaired) electrons. The van der Waals surface area contributed by atoms with Crippen LogP contribution in [0.15, 0.2) is 4.52 Å². The summed E-state index contributed by atoms with van der Waals surface area (Å²) in [6.45, 7) is 0.742. The maximum absolute atomic E-state index is 5.34. The number of rotatable bonds is 5. The largest absolute Gasteiger partial charge is 0.365 e. The summed E-state index contributed by atoms with van der Waals surface area (Å²) in [4.78, 5) is 3.88. The lowest BCUT2D eigenvalue weighted by Crippen LogP contribution is -1.98. The fraction of sp³-hybridized carbons (Fsp3) is 0.714. The van der Waals surface area contributed by atoms with E-state index in [-0.39, 0.29) is 5.95 Å². The molecule has 0 saturated heterocycles. The van der Waals surface area contributed by atoms with Crippen molar-refractivity contribution >= 4 is 5.95 Å². The van der Waals surface area contributed by atoms with Gasteiger partial charge in [0.2, 0.25) is 5.89 Å². The molecule has 0 atom stereocenters. The average Bonchev–Trinajstić information content (AvgIpc) is 2.45. The van der Waals surface area contributed by atoms with Gasteiger partial charge in [-0.25, -0.2) is 0 Å². The quantitative estimate of drug-likeness (QED) is 0.621. The molecule has 0 unspecified atom stereocenters. The molecule has 0 amide bonds. The first-order chi connectivity index (χ1) is 5.83. The van der Waals surface area contributed by atoms with Crippen molar-refractivity contribution in [2.45, 2.75) is 25.7 Å². The van der Waals surface area contributed by atoms with Crippen molar-refractivity contribution in [3.63, 3.8) is 0 Å². The van der Waals surface area contributed by atoms with Crippen molar-refractivity contribution < 1.29 is 4.52 Å². The summed E-state index contributed by atoms with van der Waals surface area (Å²) >= 11 is 0. The van der Waals surface area contributed by atoms with Crippen molar-refractivity contribution in [3.05, 3.63) is 5.89 Å². The van der Waals surface area contributed by atoms with Gasteiger partial charge < -0.3 is 16.0 Å². The molecule has 0 bridgehead atoms. The van der Waals surface area contributed by atoms with Crippen LogP contribution in [-0.4, -0.2) is 16.7 Å². The van der Waals surface area contributed by atoms with Gasteiger partial charge in [-0.05, 0) is 24.5 Å². The number of aromatic nitrogens is 2. The summed E-state index contributed by atoms with van der Waals surface area (Å²) in [6.07, 6.45) is 3.96. The molecular formula is C7H14N4O. The zero-order valence-corrected chi connectivity index (χ0v) is 6.99. The van der Waals surface area contributed by atoms with E-state index in [9.17, 15) is 0 Å². The molecule has 68 valence electrons. The van der Waals surface area contributed by atoms with Crippen LogP contribution >= 0.6 is 0 Å². The maximum Gasteiger partial charge on any atom is 0.260 e. The SMILES string of the molecule is NCCCCCc1nc(N)no1. The highest BCUT2D eigenvalue weighted by Crippen LogP contribution is 2.04. The Morgan fingerprint density at radius 2 is 2.08 bits per heavy atom. The first-order valence-electron chi connectivity index (χ1n) is 4.11. The van der Waals surface area contributed by atoms with E-state index in [1.54, 1.807) is 0 Å². The van der Waals surface area contributed by atoms with Gasteiger partial charge >= 0.3 is 0 Å². The van der Waals surface area contributed by atoms with Gasteiger partial charge in [-0.3, -0.25) is 0 Å². The van der Waals surface area contributed by atoms with E-state index >= 15 is 0 Å². The molecule has 0 aliphatic rings. The predicted octanol–water partition coefficient (Wildman–Crippen LogP) is 0.323. The third kappa shape index (κ3) is 2.87. The van der Waals surface area contributed by atoms with Crippen LogP contribution in [0.5, 0.6) is 0 Å². The fourth-order valence-corrected chi connectivity index (χ4v) is 0.967. The van der Waals surface area contributed by atoms with E-state index in [4.69, 9.17) is 16.0 Å². The van der Waals surface area contributed by atoms with Crippen LogP contribution in [0, 0.1) is 0 Å². The first-order valence-corrected chi connectivity index (χ1v) is 4.11. The fourth-order valence-electron chi connectivity index (χ4n) is 0.967. The Labute approximate surface area is 71.1 Å². The van der Waals surface area contributed by atoms with E-state index in [0.29, 0.717) is 5.89 Å². The van der Waals surface area contributed by atoms with Crippen molar-refractivity contribution in [2.24, 2.45) is 5.73 Å². The molecule has 0 spiro atoms. The highest BCUT2D eigenvalue weighted by Gasteiger charge is 2.01. The van der Waals surface area contributed by atoms with Crippen LogP contribution in [0.2, 0.25) is 0 Å². The summed E-state index contributed by atoms with van der Waals surface area (Å²) in [6, 6.07) is 0. The average molecular weight is 170 g/mol. The van der Waals surface area contributed by atoms with Crippen LogP contribution in [-0.2, 0) is 6.42 Å². The molecule has 0 aliphatic carbocycles. The smallest absolute Gasteiger partial charge is 0.260 e. The number of unbranched alkanes of at least 4 members (excludes halogenated alkanes) is 2. The van der Waals surface area contributed by atoms with Crippen molar-refractivity contribution in [2.75, 3.05) is 12.3 Å². The lowest BCUT2D eigenvalue weighted by molar-refractivity contribution is 0.374. The second kappa shape index (κ2) is 4.71. The van der Waals surface area contributed by atoms with Gasteiger partial charge in [-0.1, -0.05) is 6.42 Å². The van der Waals surface area contributed by atoms with Crippen LogP contribution in [0.4, 0.5) is 5.95 Å². The summed E-state index contributed by atoms with van der Waals surface area (Å²) in [5, 5.41) is 3.48. The van der Waals surface area contributed by atoms with Crippen LogP contribution in [0.1, 0.15) is 25.2 Å². The topological polar surface area (TPSA) is 91.0 Å². The summed E-state index contributed by atoms with van der Waals surface area (Å²) in [5.74, 6) is 0.827. The molecule has 5 nitrogen and oxygen atoms in total. The Kier molecular flexibility index (Phi) is 3.53. The van der Waals surface area contributed by atoms with Gasteiger partial charge in [0.25, 0.3) is 5.95 Å². The Morgan fingerprint density at radius 1 is 1.25 bits per heavy atom. The molecule has 1 aromatic rings. The van der Waals surface area contributed by atoms with E-state index in [1.807, 2.05) is 0 Å². The van der Waals surface area contributed by atoms with Gasteiger partial charge in [-0.15, -0.1) is 0 Å². The third-order valence-corrected chi connectivity index (χ3v) is 1.58. The number of nitrogens with two attached hydrogens (primary N) is 2. The van der Waals surface area contributed by atoms with Gasteiger partial charge in [0.05, 0.1) is 0 Å². The third-order valence-electron chi connectivity index (χ3n) is 1.58. The lowest BCUT2D eigenvalue weighted by atomic mass is 10.2. The second-order valence-electron chi connectivity index (χ2n) is 2.65. The van der Waals surface area contributed by atoms with Crippen LogP contribution in [0.3, 0.4) is 0 Å². The molecule has 1 heterocycles. The summed E-state index contributed by atoms with van der Waals surface area (Å²) in [7, 11) is 0. The normalized spacial score (nSPS) is 10.4. The summed E-state index contributed by atoms with van der Waals surface area (Å²) < 4.78 is 4.83. The molecule has 12 heavy (non-hydrogen) atoms. The minimum atomic E-state index is 0.212. The zero-order chi connectivity index (χ0) is 8.81. The van der Waals surface area contributed by atoms with Gasteiger partial charge in [0.1, 0.15) is 0 Å². The Hall–Kier alpha value is -1.10. The lowest BCUT2D eigenvalue weighted by Gasteiger charge is -1.93. The van der Waals surface area contributed by atoms with E-state index in [1.165, 1.54) is 0 Å². The van der Waals surface area contributed by atoms with Gasteiger partial charge in [0, 0.05) is 6.42 Å². The van der Waals surface area contributed by atoms with Gasteiger partial charge in [-0.2, -0.15) is 4.98 Å². The van der Waals surface area contributed by atoms with Crippen molar-refractivity contribution in [3.8, 4) is 0 Å². The van der Waals surface area contributed by atoms with E-state index in [0.717, 1.165) is 32.2 Å². The number of nitrogens with zero attached hydrogens (tertiary/aromatic N) is 2. The molecule has 1 aromatic heterocycles. The minimum absolute atomic E-state index is 0.212. The molecule has 4 N–H and O–H groups in total.